The maximum atomic E-state index is 11.8. The van der Waals surface area contributed by atoms with Crippen LogP contribution in [0.2, 0.25) is 0 Å². The van der Waals surface area contributed by atoms with Crippen LogP contribution >= 0.6 is 0 Å². The molecular weight excluding hydrogens is 252 g/mol. The maximum Gasteiger partial charge on any atom is 0.253 e. The normalized spacial score (nSPS) is 10.9. The highest BCUT2D eigenvalue weighted by Gasteiger charge is 2.10. The molecule has 0 heterocycles. The van der Waals surface area contributed by atoms with Gasteiger partial charge in [0, 0.05) is 31.0 Å². The van der Waals surface area contributed by atoms with Gasteiger partial charge in [-0.1, -0.05) is 0 Å². The van der Waals surface area contributed by atoms with Crippen molar-refractivity contribution >= 4 is 17.3 Å². The van der Waals surface area contributed by atoms with Gasteiger partial charge in [-0.05, 0) is 52.1 Å². The molecule has 1 amide bonds. The molecule has 0 aliphatic carbocycles. The summed E-state index contributed by atoms with van der Waals surface area (Å²) in [7, 11) is 3.74. The van der Waals surface area contributed by atoms with Gasteiger partial charge in [-0.25, -0.2) is 0 Å². The zero-order valence-corrected chi connectivity index (χ0v) is 12.9. The lowest BCUT2D eigenvalue weighted by atomic mass is 10.1. The number of nitrogens with two attached hydrogens (primary N) is 1. The van der Waals surface area contributed by atoms with Crippen LogP contribution in [0.15, 0.2) is 18.2 Å². The number of hydrogen-bond acceptors (Lipinski definition) is 4. The molecule has 0 radical (unpaired) electrons. The fraction of sp³-hybridized carbons (Fsp3) is 0.533. The van der Waals surface area contributed by atoms with Crippen LogP contribution in [0.3, 0.4) is 0 Å². The van der Waals surface area contributed by atoms with Crippen molar-refractivity contribution in [3.05, 3.63) is 23.8 Å². The van der Waals surface area contributed by atoms with E-state index in [1.165, 1.54) is 0 Å². The fourth-order valence-corrected chi connectivity index (χ4v) is 1.85. The molecule has 0 atom stereocenters. The third-order valence-electron chi connectivity index (χ3n) is 3.40. The van der Waals surface area contributed by atoms with Crippen LogP contribution in [0.25, 0.3) is 0 Å². The summed E-state index contributed by atoms with van der Waals surface area (Å²) >= 11 is 0. The molecule has 0 saturated heterocycles. The molecule has 0 spiro atoms. The molecule has 1 aromatic carbocycles. The number of carbonyl (C=O) groups is 1. The quantitative estimate of drug-likeness (QED) is 0.525. The molecule has 5 heteroatoms. The molecule has 20 heavy (non-hydrogen) atoms. The first kappa shape index (κ1) is 16.3. The highest BCUT2D eigenvalue weighted by Crippen LogP contribution is 2.19. The van der Waals surface area contributed by atoms with E-state index in [9.17, 15) is 4.79 Å². The molecular formula is C15H26N4O. The Morgan fingerprint density at radius 1 is 1.40 bits per heavy atom. The zero-order chi connectivity index (χ0) is 15.1. The molecule has 0 bridgehead atoms. The van der Waals surface area contributed by atoms with Crippen LogP contribution in [0.4, 0.5) is 11.4 Å². The number of hydrogen-bond donors (Lipinski definition) is 3. The van der Waals surface area contributed by atoms with E-state index in [1.54, 1.807) is 25.2 Å². The number of nitrogens with zero attached hydrogens (tertiary/aromatic N) is 1. The number of amides is 1. The monoisotopic (exact) mass is 278 g/mol. The first-order valence-corrected chi connectivity index (χ1v) is 7.01. The molecule has 1 aromatic rings. The molecule has 5 nitrogen and oxygen atoms in total. The average Bonchev–Trinajstić information content (AvgIpc) is 2.42. The van der Waals surface area contributed by atoms with Crippen molar-refractivity contribution in [3.63, 3.8) is 0 Å². The number of rotatable bonds is 7. The fourth-order valence-electron chi connectivity index (χ4n) is 1.85. The highest BCUT2D eigenvalue weighted by molar-refractivity contribution is 6.00. The Morgan fingerprint density at radius 3 is 2.70 bits per heavy atom. The van der Waals surface area contributed by atoms with Gasteiger partial charge in [0.05, 0.1) is 5.56 Å². The highest BCUT2D eigenvalue weighted by atomic mass is 16.1. The van der Waals surface area contributed by atoms with Gasteiger partial charge in [-0.2, -0.15) is 0 Å². The lowest BCUT2D eigenvalue weighted by molar-refractivity contribution is 0.0964. The smallest absolute Gasteiger partial charge is 0.253 e. The maximum absolute atomic E-state index is 11.8. The van der Waals surface area contributed by atoms with Crippen LogP contribution in [-0.4, -0.2) is 44.0 Å². The molecule has 0 saturated carbocycles. The van der Waals surface area contributed by atoms with Crippen molar-refractivity contribution in [2.75, 3.05) is 38.2 Å². The summed E-state index contributed by atoms with van der Waals surface area (Å²) in [4.78, 5) is 14.1. The molecule has 1 rings (SSSR count). The van der Waals surface area contributed by atoms with Gasteiger partial charge in [0.25, 0.3) is 5.91 Å². The molecule has 112 valence electrons. The number of nitrogen functional groups attached to an aromatic ring is 1. The predicted octanol–water partition coefficient (Wildman–Crippen LogP) is 1.77. The lowest BCUT2D eigenvalue weighted by Crippen LogP contribution is -2.28. The first-order valence-electron chi connectivity index (χ1n) is 7.01. The summed E-state index contributed by atoms with van der Waals surface area (Å²) in [6.45, 7) is 6.18. The molecule has 4 N–H and O–H groups in total. The first-order chi connectivity index (χ1) is 9.45. The minimum atomic E-state index is -0.105. The molecule has 0 aromatic heterocycles. The van der Waals surface area contributed by atoms with Crippen LogP contribution in [0.1, 0.15) is 30.6 Å². The number of nitrogens with one attached hydrogen (secondary N) is 2. The average molecular weight is 278 g/mol. The van der Waals surface area contributed by atoms with Gasteiger partial charge >= 0.3 is 0 Å². The topological polar surface area (TPSA) is 70.4 Å². The Labute approximate surface area is 121 Å². The van der Waals surface area contributed by atoms with Gasteiger partial charge < -0.3 is 21.3 Å². The van der Waals surface area contributed by atoms with E-state index in [0.29, 0.717) is 17.3 Å². The van der Waals surface area contributed by atoms with Crippen LogP contribution in [0.5, 0.6) is 0 Å². The van der Waals surface area contributed by atoms with Crippen molar-refractivity contribution in [2.24, 2.45) is 0 Å². The molecule has 0 aliphatic rings. The van der Waals surface area contributed by atoms with E-state index < -0.39 is 0 Å². The third kappa shape index (κ3) is 4.74. The Kier molecular flexibility index (Phi) is 6.31. The largest absolute Gasteiger partial charge is 0.399 e. The SMILES string of the molecule is CNC(=O)c1ccc(N)cc1NCCCN(C)C(C)C. The second-order valence-electron chi connectivity index (χ2n) is 5.24. The minimum Gasteiger partial charge on any atom is -0.399 e. The molecule has 0 fully saturated rings. The number of carbonyl (C=O) groups excluding carboxylic acids is 1. The van der Waals surface area contributed by atoms with E-state index >= 15 is 0 Å². The second kappa shape index (κ2) is 7.75. The number of anilines is 2. The summed E-state index contributed by atoms with van der Waals surface area (Å²) in [6.07, 6.45) is 1.01. The summed E-state index contributed by atoms with van der Waals surface area (Å²) in [6, 6.07) is 5.83. The Morgan fingerprint density at radius 2 is 2.10 bits per heavy atom. The Bertz CT molecular complexity index is 445. The van der Waals surface area contributed by atoms with E-state index in [4.69, 9.17) is 5.73 Å². The summed E-state index contributed by atoms with van der Waals surface area (Å²) in [5, 5.41) is 5.93. The van der Waals surface area contributed by atoms with E-state index in [2.05, 4.69) is 36.4 Å². The van der Waals surface area contributed by atoms with Crippen LogP contribution in [-0.2, 0) is 0 Å². The predicted molar refractivity (Wildman–Crippen MR) is 85.1 cm³/mol. The zero-order valence-electron chi connectivity index (χ0n) is 12.9. The van der Waals surface area contributed by atoms with E-state index in [0.717, 1.165) is 25.2 Å². The Balaban J connectivity index is 2.58. The van der Waals surface area contributed by atoms with E-state index in [-0.39, 0.29) is 5.91 Å². The van der Waals surface area contributed by atoms with Gasteiger partial charge in [-0.3, -0.25) is 4.79 Å². The van der Waals surface area contributed by atoms with Crippen molar-refractivity contribution in [1.82, 2.24) is 10.2 Å². The molecule has 0 aliphatic heterocycles. The summed E-state index contributed by atoms with van der Waals surface area (Å²) < 4.78 is 0. The number of benzene rings is 1. The van der Waals surface area contributed by atoms with Crippen molar-refractivity contribution in [1.29, 1.82) is 0 Å². The van der Waals surface area contributed by atoms with Gasteiger partial charge in [0.1, 0.15) is 0 Å². The van der Waals surface area contributed by atoms with Gasteiger partial charge in [0.2, 0.25) is 0 Å². The Hall–Kier alpha value is -1.75. The molecule has 0 unspecified atom stereocenters. The standard InChI is InChI=1S/C15H26N4O/c1-11(2)19(4)9-5-8-18-14-10-12(16)6-7-13(14)15(20)17-3/h6-7,10-11,18H,5,8-9,16H2,1-4H3,(H,17,20). The van der Waals surface area contributed by atoms with Crippen LogP contribution in [0, 0.1) is 0 Å². The third-order valence-corrected chi connectivity index (χ3v) is 3.40. The van der Waals surface area contributed by atoms with Crippen LogP contribution < -0.4 is 16.4 Å². The van der Waals surface area contributed by atoms with Gasteiger partial charge in [0.15, 0.2) is 0 Å². The summed E-state index contributed by atoms with van der Waals surface area (Å²) in [5.41, 5.74) is 7.85. The van der Waals surface area contributed by atoms with Crippen molar-refractivity contribution in [2.45, 2.75) is 26.3 Å². The minimum absolute atomic E-state index is 0.105. The summed E-state index contributed by atoms with van der Waals surface area (Å²) in [5.74, 6) is -0.105. The second-order valence-corrected chi connectivity index (χ2v) is 5.24. The van der Waals surface area contributed by atoms with E-state index in [1.807, 2.05) is 0 Å². The van der Waals surface area contributed by atoms with Crippen molar-refractivity contribution < 1.29 is 4.79 Å². The lowest BCUT2D eigenvalue weighted by Gasteiger charge is -2.21. The van der Waals surface area contributed by atoms with Crippen molar-refractivity contribution in [3.8, 4) is 0 Å². The van der Waals surface area contributed by atoms with Gasteiger partial charge in [-0.15, -0.1) is 0 Å².